The maximum absolute atomic E-state index is 12.0. The van der Waals surface area contributed by atoms with Gasteiger partial charge in [0.15, 0.2) is 11.2 Å². The van der Waals surface area contributed by atoms with Crippen LogP contribution < -0.4 is 5.56 Å². The predicted molar refractivity (Wildman–Crippen MR) is 70.8 cm³/mol. The maximum atomic E-state index is 12.0. The van der Waals surface area contributed by atoms with Crippen LogP contribution in [0.1, 0.15) is 11.4 Å². The van der Waals surface area contributed by atoms with E-state index in [1.807, 2.05) is 30.3 Å². The summed E-state index contributed by atoms with van der Waals surface area (Å²) in [6, 6.07) is 9.89. The van der Waals surface area contributed by atoms with Crippen molar-refractivity contribution in [1.82, 2.24) is 24.5 Å². The number of nitrogens with zero attached hydrogens (tertiary/aromatic N) is 5. The van der Waals surface area contributed by atoms with Gasteiger partial charge in [-0.15, -0.1) is 5.10 Å². The molecule has 0 spiro atoms. The molecule has 19 heavy (non-hydrogen) atoms. The summed E-state index contributed by atoms with van der Waals surface area (Å²) in [5.41, 5.74) is 1.77. The summed E-state index contributed by atoms with van der Waals surface area (Å²) < 4.78 is 3.13. The van der Waals surface area contributed by atoms with E-state index >= 15 is 0 Å². The Hall–Kier alpha value is -2.50. The van der Waals surface area contributed by atoms with Gasteiger partial charge in [0.2, 0.25) is 0 Å². The third kappa shape index (κ3) is 1.91. The summed E-state index contributed by atoms with van der Waals surface area (Å²) in [6.45, 7) is 2.34. The number of rotatable bonds is 2. The van der Waals surface area contributed by atoms with Crippen LogP contribution in [0, 0.1) is 6.92 Å². The lowest BCUT2D eigenvalue weighted by Crippen LogP contribution is -2.21. The van der Waals surface area contributed by atoms with E-state index in [-0.39, 0.29) is 5.56 Å². The lowest BCUT2D eigenvalue weighted by molar-refractivity contribution is 0.662. The van der Waals surface area contributed by atoms with Crippen molar-refractivity contribution in [2.24, 2.45) is 7.05 Å². The summed E-state index contributed by atoms with van der Waals surface area (Å²) in [4.78, 5) is 16.4. The first kappa shape index (κ1) is 11.6. The van der Waals surface area contributed by atoms with E-state index in [0.29, 0.717) is 23.5 Å². The van der Waals surface area contributed by atoms with E-state index < -0.39 is 0 Å². The predicted octanol–water partition coefficient (Wildman–Crippen LogP) is 0.882. The molecule has 1 aromatic carbocycles. The van der Waals surface area contributed by atoms with E-state index in [4.69, 9.17) is 0 Å². The molecule has 2 aromatic heterocycles. The van der Waals surface area contributed by atoms with Gasteiger partial charge >= 0.3 is 0 Å². The van der Waals surface area contributed by atoms with Crippen LogP contribution >= 0.6 is 0 Å². The normalized spacial score (nSPS) is 11.1. The highest BCUT2D eigenvalue weighted by Crippen LogP contribution is 2.08. The average molecular weight is 255 g/mol. The Balaban J connectivity index is 2.14. The van der Waals surface area contributed by atoms with Crippen molar-refractivity contribution in [2.45, 2.75) is 13.5 Å². The third-order valence-electron chi connectivity index (χ3n) is 3.14. The van der Waals surface area contributed by atoms with E-state index in [1.54, 1.807) is 18.7 Å². The summed E-state index contributed by atoms with van der Waals surface area (Å²) in [7, 11) is 1.68. The van der Waals surface area contributed by atoms with Gasteiger partial charge in [0.25, 0.3) is 5.56 Å². The van der Waals surface area contributed by atoms with Gasteiger partial charge in [-0.25, -0.2) is 9.67 Å². The second kappa shape index (κ2) is 4.31. The zero-order valence-electron chi connectivity index (χ0n) is 10.7. The van der Waals surface area contributed by atoms with Gasteiger partial charge in [0.1, 0.15) is 5.82 Å². The molecule has 0 saturated carbocycles. The summed E-state index contributed by atoms with van der Waals surface area (Å²) in [5, 5.41) is 7.96. The Morgan fingerprint density at radius 2 is 1.95 bits per heavy atom. The number of aryl methyl sites for hydroxylation is 1. The van der Waals surface area contributed by atoms with Crippen LogP contribution in [-0.4, -0.2) is 24.5 Å². The van der Waals surface area contributed by atoms with Crippen molar-refractivity contribution in [3.8, 4) is 0 Å². The van der Waals surface area contributed by atoms with Crippen molar-refractivity contribution in [2.75, 3.05) is 0 Å². The van der Waals surface area contributed by atoms with Crippen LogP contribution in [0.15, 0.2) is 35.1 Å². The van der Waals surface area contributed by atoms with Crippen molar-refractivity contribution in [3.05, 3.63) is 52.1 Å². The fourth-order valence-electron chi connectivity index (χ4n) is 1.95. The Bertz CT molecular complexity index is 788. The van der Waals surface area contributed by atoms with Gasteiger partial charge in [0, 0.05) is 7.05 Å². The highest BCUT2D eigenvalue weighted by Gasteiger charge is 2.12. The summed E-state index contributed by atoms with van der Waals surface area (Å²) >= 11 is 0. The quantitative estimate of drug-likeness (QED) is 0.682. The van der Waals surface area contributed by atoms with E-state index in [2.05, 4.69) is 15.3 Å². The minimum atomic E-state index is -0.165. The van der Waals surface area contributed by atoms with Crippen LogP contribution in [0.25, 0.3) is 11.2 Å². The Morgan fingerprint density at radius 1 is 1.21 bits per heavy atom. The van der Waals surface area contributed by atoms with Crippen LogP contribution in [-0.2, 0) is 13.6 Å². The number of fused-ring (bicyclic) bond motifs is 1. The van der Waals surface area contributed by atoms with Gasteiger partial charge in [-0.1, -0.05) is 35.5 Å². The molecule has 0 aliphatic rings. The van der Waals surface area contributed by atoms with Crippen molar-refractivity contribution in [3.63, 3.8) is 0 Å². The average Bonchev–Trinajstić information content (AvgIpc) is 2.81. The molecule has 0 aliphatic heterocycles. The zero-order chi connectivity index (χ0) is 13.4. The van der Waals surface area contributed by atoms with Gasteiger partial charge in [-0.2, -0.15) is 0 Å². The van der Waals surface area contributed by atoms with Crippen molar-refractivity contribution in [1.29, 1.82) is 0 Å². The van der Waals surface area contributed by atoms with Gasteiger partial charge < -0.3 is 0 Å². The first-order valence-corrected chi connectivity index (χ1v) is 5.97. The Kier molecular flexibility index (Phi) is 2.63. The molecule has 0 fully saturated rings. The third-order valence-corrected chi connectivity index (χ3v) is 3.14. The van der Waals surface area contributed by atoms with Crippen LogP contribution in [0.5, 0.6) is 0 Å². The topological polar surface area (TPSA) is 65.6 Å². The standard InChI is InChI=1S/C13H13N5O/c1-9-14-12-11(13(19)17(9)2)15-16-18(12)8-10-6-4-3-5-7-10/h3-7H,8H2,1-2H3. The number of aromatic nitrogens is 5. The van der Waals surface area contributed by atoms with Crippen molar-refractivity contribution < 1.29 is 0 Å². The summed E-state index contributed by atoms with van der Waals surface area (Å²) in [6.07, 6.45) is 0. The second-order valence-corrected chi connectivity index (χ2v) is 4.43. The summed E-state index contributed by atoms with van der Waals surface area (Å²) in [5.74, 6) is 0.647. The largest absolute Gasteiger partial charge is 0.298 e. The molecule has 3 aromatic rings. The monoisotopic (exact) mass is 255 g/mol. The molecule has 0 aliphatic carbocycles. The molecule has 3 rings (SSSR count). The van der Waals surface area contributed by atoms with Gasteiger partial charge in [0.05, 0.1) is 6.54 Å². The smallest absolute Gasteiger partial charge is 0.283 e. The first-order valence-electron chi connectivity index (χ1n) is 5.97. The van der Waals surface area contributed by atoms with E-state index in [1.165, 1.54) is 4.57 Å². The fourth-order valence-corrected chi connectivity index (χ4v) is 1.95. The molecule has 0 bridgehead atoms. The molecular formula is C13H13N5O. The molecule has 0 unspecified atom stereocenters. The van der Waals surface area contributed by atoms with E-state index in [0.717, 1.165) is 5.56 Å². The first-order chi connectivity index (χ1) is 9.16. The Labute approximate surface area is 109 Å². The Morgan fingerprint density at radius 3 is 2.68 bits per heavy atom. The molecule has 0 radical (unpaired) electrons. The molecule has 0 N–H and O–H groups in total. The minimum absolute atomic E-state index is 0.165. The molecule has 0 amide bonds. The number of benzene rings is 1. The number of hydrogen-bond donors (Lipinski definition) is 0. The van der Waals surface area contributed by atoms with Crippen LogP contribution in [0.4, 0.5) is 0 Å². The van der Waals surface area contributed by atoms with Crippen LogP contribution in [0.3, 0.4) is 0 Å². The molecule has 6 nitrogen and oxygen atoms in total. The maximum Gasteiger partial charge on any atom is 0.283 e. The molecule has 96 valence electrons. The minimum Gasteiger partial charge on any atom is -0.298 e. The fraction of sp³-hybridized carbons (Fsp3) is 0.231. The van der Waals surface area contributed by atoms with Gasteiger partial charge in [-0.05, 0) is 12.5 Å². The SMILES string of the molecule is Cc1nc2c(nnn2Cc2ccccc2)c(=O)n1C. The number of hydrogen-bond acceptors (Lipinski definition) is 4. The van der Waals surface area contributed by atoms with E-state index in [9.17, 15) is 4.79 Å². The van der Waals surface area contributed by atoms with Gasteiger partial charge in [-0.3, -0.25) is 9.36 Å². The molecule has 0 atom stereocenters. The van der Waals surface area contributed by atoms with Crippen molar-refractivity contribution >= 4 is 11.2 Å². The molecule has 0 saturated heterocycles. The highest BCUT2D eigenvalue weighted by atomic mass is 16.1. The highest BCUT2D eigenvalue weighted by molar-refractivity contribution is 5.68. The second-order valence-electron chi connectivity index (χ2n) is 4.43. The molecule has 2 heterocycles. The van der Waals surface area contributed by atoms with Crippen LogP contribution in [0.2, 0.25) is 0 Å². The lowest BCUT2D eigenvalue weighted by Gasteiger charge is -2.04. The molecular weight excluding hydrogens is 242 g/mol. The lowest BCUT2D eigenvalue weighted by atomic mass is 10.2. The zero-order valence-corrected chi connectivity index (χ0v) is 10.7. The molecule has 6 heteroatoms.